The molecular weight excluding hydrogens is 325 g/mol. The third-order valence-electron chi connectivity index (χ3n) is 3.12. The van der Waals surface area contributed by atoms with Crippen molar-refractivity contribution in [3.05, 3.63) is 33.8 Å². The van der Waals surface area contributed by atoms with E-state index in [1.54, 1.807) is 44.2 Å². The molecule has 22 heavy (non-hydrogen) atoms. The molecule has 0 aliphatic rings. The number of hydrogen-bond donors (Lipinski definition) is 1. The Morgan fingerprint density at radius 1 is 1.18 bits per heavy atom. The number of carbonyl (C=O) groups is 2. The molecule has 1 N–H and O–H groups in total. The van der Waals surface area contributed by atoms with E-state index < -0.39 is 0 Å². The van der Waals surface area contributed by atoms with Crippen molar-refractivity contribution in [2.24, 2.45) is 0 Å². The highest BCUT2D eigenvalue weighted by molar-refractivity contribution is 6.35. The number of rotatable bonds is 6. The quantitative estimate of drug-likeness (QED) is 0.859. The highest BCUT2D eigenvalue weighted by Gasteiger charge is 2.16. The summed E-state index contributed by atoms with van der Waals surface area (Å²) in [6, 6.07) is 4.92. The second kappa shape index (κ2) is 8.36. The maximum atomic E-state index is 12.0. The summed E-state index contributed by atoms with van der Waals surface area (Å²) < 4.78 is 0. The Morgan fingerprint density at radius 3 is 2.36 bits per heavy atom. The van der Waals surface area contributed by atoms with Crippen LogP contribution in [0.4, 0.5) is 0 Å². The lowest BCUT2D eigenvalue weighted by atomic mass is 10.1. The smallest absolute Gasteiger partial charge is 0.236 e. The standard InChI is InChI=1S/C15H21Cl2N3O2/c1-10(12-6-5-11(16)7-13(12)17)18-14(21)8-20(4)9-15(22)19(2)3/h5-7,10H,8-9H2,1-4H3,(H,18,21)/t10-/m1/s1. The van der Waals surface area contributed by atoms with Crippen LogP contribution in [0.3, 0.4) is 0 Å². The second-order valence-electron chi connectivity index (χ2n) is 5.42. The second-order valence-corrected chi connectivity index (χ2v) is 6.26. The lowest BCUT2D eigenvalue weighted by Crippen LogP contribution is -2.41. The van der Waals surface area contributed by atoms with Gasteiger partial charge in [0.25, 0.3) is 0 Å². The Morgan fingerprint density at radius 2 is 1.82 bits per heavy atom. The Hall–Kier alpha value is -1.30. The number of carbonyl (C=O) groups excluding carboxylic acids is 2. The molecule has 0 aromatic heterocycles. The number of likely N-dealkylation sites (N-methyl/N-ethyl adjacent to an activating group) is 2. The van der Waals surface area contributed by atoms with Gasteiger partial charge in [-0.2, -0.15) is 0 Å². The maximum absolute atomic E-state index is 12.0. The minimum atomic E-state index is -0.241. The van der Waals surface area contributed by atoms with Crippen LogP contribution in [0.25, 0.3) is 0 Å². The van der Waals surface area contributed by atoms with Gasteiger partial charge in [-0.1, -0.05) is 29.3 Å². The summed E-state index contributed by atoms with van der Waals surface area (Å²) in [5, 5.41) is 3.92. The summed E-state index contributed by atoms with van der Waals surface area (Å²) in [6.07, 6.45) is 0. The van der Waals surface area contributed by atoms with Crippen LogP contribution in [-0.2, 0) is 9.59 Å². The van der Waals surface area contributed by atoms with Crippen LogP contribution in [0.2, 0.25) is 10.0 Å². The van der Waals surface area contributed by atoms with E-state index in [1.807, 2.05) is 6.92 Å². The zero-order valence-electron chi connectivity index (χ0n) is 13.2. The molecule has 0 radical (unpaired) electrons. The van der Waals surface area contributed by atoms with E-state index in [4.69, 9.17) is 23.2 Å². The number of benzene rings is 1. The van der Waals surface area contributed by atoms with Crippen LogP contribution in [0.1, 0.15) is 18.5 Å². The molecule has 2 amide bonds. The zero-order valence-corrected chi connectivity index (χ0v) is 14.7. The fraction of sp³-hybridized carbons (Fsp3) is 0.467. The largest absolute Gasteiger partial charge is 0.348 e. The van der Waals surface area contributed by atoms with Crippen molar-refractivity contribution in [3.63, 3.8) is 0 Å². The molecule has 1 aromatic carbocycles. The van der Waals surface area contributed by atoms with Gasteiger partial charge in [0.2, 0.25) is 11.8 Å². The van der Waals surface area contributed by atoms with Gasteiger partial charge in [0.1, 0.15) is 0 Å². The number of amides is 2. The van der Waals surface area contributed by atoms with E-state index >= 15 is 0 Å². The van der Waals surface area contributed by atoms with Gasteiger partial charge in [-0.15, -0.1) is 0 Å². The summed E-state index contributed by atoms with van der Waals surface area (Å²) >= 11 is 12.0. The Bertz CT molecular complexity index is 550. The first-order valence-electron chi connectivity index (χ1n) is 6.83. The Balaban J connectivity index is 2.55. The molecule has 0 bridgehead atoms. The first-order chi connectivity index (χ1) is 10.2. The average Bonchev–Trinajstić information content (AvgIpc) is 2.37. The van der Waals surface area contributed by atoms with Crippen LogP contribution < -0.4 is 5.32 Å². The molecule has 7 heteroatoms. The van der Waals surface area contributed by atoms with Gasteiger partial charge < -0.3 is 10.2 Å². The van der Waals surface area contributed by atoms with Crippen molar-refractivity contribution in [2.45, 2.75) is 13.0 Å². The SMILES string of the molecule is C[C@@H](NC(=O)CN(C)CC(=O)N(C)C)c1ccc(Cl)cc1Cl. The number of hydrogen-bond acceptors (Lipinski definition) is 3. The van der Waals surface area contributed by atoms with Crippen LogP contribution in [0.5, 0.6) is 0 Å². The van der Waals surface area contributed by atoms with Crippen LogP contribution in [0, 0.1) is 0 Å². The van der Waals surface area contributed by atoms with Crippen LogP contribution >= 0.6 is 23.2 Å². The Labute approximate surface area is 141 Å². The third-order valence-corrected chi connectivity index (χ3v) is 3.69. The van der Waals surface area contributed by atoms with E-state index in [0.29, 0.717) is 10.0 Å². The van der Waals surface area contributed by atoms with Gasteiger partial charge in [0.15, 0.2) is 0 Å². The lowest BCUT2D eigenvalue weighted by Gasteiger charge is -2.21. The minimum Gasteiger partial charge on any atom is -0.348 e. The molecule has 0 aliphatic heterocycles. The average molecular weight is 346 g/mol. The van der Waals surface area contributed by atoms with Crippen LogP contribution in [-0.4, -0.2) is 55.8 Å². The zero-order chi connectivity index (χ0) is 16.9. The van der Waals surface area contributed by atoms with Gasteiger partial charge in [-0.3, -0.25) is 14.5 Å². The first-order valence-corrected chi connectivity index (χ1v) is 7.59. The van der Waals surface area contributed by atoms with E-state index in [0.717, 1.165) is 5.56 Å². The van der Waals surface area contributed by atoms with Gasteiger partial charge in [-0.25, -0.2) is 0 Å². The van der Waals surface area contributed by atoms with Crippen molar-refractivity contribution < 1.29 is 9.59 Å². The van der Waals surface area contributed by atoms with E-state index in [-0.39, 0.29) is 30.9 Å². The molecule has 1 rings (SSSR count). The molecule has 0 aliphatic carbocycles. The molecule has 5 nitrogen and oxygen atoms in total. The van der Waals surface area contributed by atoms with Crippen molar-refractivity contribution in [1.29, 1.82) is 0 Å². The number of nitrogens with zero attached hydrogens (tertiary/aromatic N) is 2. The topological polar surface area (TPSA) is 52.7 Å². The molecule has 1 aromatic rings. The first kappa shape index (κ1) is 18.7. The molecule has 0 heterocycles. The highest BCUT2D eigenvalue weighted by atomic mass is 35.5. The van der Waals surface area contributed by atoms with Crippen molar-refractivity contribution >= 4 is 35.0 Å². The molecule has 0 saturated heterocycles. The minimum absolute atomic E-state index is 0.0518. The molecule has 122 valence electrons. The molecule has 0 fully saturated rings. The maximum Gasteiger partial charge on any atom is 0.236 e. The monoisotopic (exact) mass is 345 g/mol. The summed E-state index contributed by atoms with van der Waals surface area (Å²) in [5.41, 5.74) is 0.798. The van der Waals surface area contributed by atoms with E-state index in [9.17, 15) is 9.59 Å². The van der Waals surface area contributed by atoms with Crippen molar-refractivity contribution in [2.75, 3.05) is 34.2 Å². The summed E-state index contributed by atoms with van der Waals surface area (Å²) in [7, 11) is 5.09. The van der Waals surface area contributed by atoms with Gasteiger partial charge >= 0.3 is 0 Å². The summed E-state index contributed by atoms with van der Waals surface area (Å²) in [5.74, 6) is -0.225. The molecule has 0 unspecified atom stereocenters. The van der Waals surface area contributed by atoms with Crippen LogP contribution in [0.15, 0.2) is 18.2 Å². The van der Waals surface area contributed by atoms with E-state index in [2.05, 4.69) is 5.32 Å². The predicted molar refractivity (Wildman–Crippen MR) is 89.2 cm³/mol. The number of nitrogens with one attached hydrogen (secondary N) is 1. The lowest BCUT2D eigenvalue weighted by molar-refractivity contribution is -0.130. The summed E-state index contributed by atoms with van der Waals surface area (Å²) in [6.45, 7) is 2.17. The fourth-order valence-electron chi connectivity index (χ4n) is 1.89. The molecular formula is C15H21Cl2N3O2. The molecule has 0 spiro atoms. The van der Waals surface area contributed by atoms with Gasteiger partial charge in [0, 0.05) is 24.1 Å². The van der Waals surface area contributed by atoms with Gasteiger partial charge in [-0.05, 0) is 31.7 Å². The normalized spacial score (nSPS) is 12.1. The highest BCUT2D eigenvalue weighted by Crippen LogP contribution is 2.25. The molecule has 0 saturated carbocycles. The molecule has 1 atom stereocenters. The third kappa shape index (κ3) is 5.83. The van der Waals surface area contributed by atoms with Crippen molar-refractivity contribution in [1.82, 2.24) is 15.1 Å². The fourth-order valence-corrected chi connectivity index (χ4v) is 2.46. The predicted octanol–water partition coefficient (Wildman–Crippen LogP) is 2.19. The van der Waals surface area contributed by atoms with E-state index in [1.165, 1.54) is 4.90 Å². The Kier molecular flexibility index (Phi) is 7.13. The van der Waals surface area contributed by atoms with Crippen molar-refractivity contribution in [3.8, 4) is 0 Å². The summed E-state index contributed by atoms with van der Waals surface area (Å²) in [4.78, 5) is 26.7. The number of halogens is 2. The van der Waals surface area contributed by atoms with Gasteiger partial charge in [0.05, 0.1) is 19.1 Å².